The Bertz CT molecular complexity index is 1180. The maximum Gasteiger partial charge on any atom is 0.322 e. The third-order valence-electron chi connectivity index (χ3n) is 6.92. The van der Waals surface area contributed by atoms with Crippen LogP contribution in [0, 0.1) is 5.92 Å². The van der Waals surface area contributed by atoms with Crippen LogP contribution in [0.25, 0.3) is 0 Å². The Morgan fingerprint density at radius 3 is 2.46 bits per heavy atom. The highest BCUT2D eigenvalue weighted by molar-refractivity contribution is 6.45. The number of amides is 1. The van der Waals surface area contributed by atoms with Crippen molar-refractivity contribution in [1.82, 2.24) is 10.6 Å². The molecule has 4 rings (SSSR count). The zero-order chi connectivity index (χ0) is 26.4. The van der Waals surface area contributed by atoms with Gasteiger partial charge >= 0.3 is 5.97 Å². The number of hydrogen-bond donors (Lipinski definition) is 5. The molecule has 1 saturated heterocycles. The maximum atomic E-state index is 12.3. The highest BCUT2D eigenvalue weighted by Gasteiger charge is 2.29. The van der Waals surface area contributed by atoms with E-state index in [-0.39, 0.29) is 24.2 Å². The minimum absolute atomic E-state index is 0.0496. The number of carbonyl (C=O) groups is 2. The topological polar surface area (TPSA) is 134 Å². The van der Waals surface area contributed by atoms with E-state index >= 15 is 0 Å². The normalized spacial score (nSPS) is 18.3. The molecule has 2 aromatic rings. The van der Waals surface area contributed by atoms with Crippen molar-refractivity contribution in [2.75, 3.05) is 24.5 Å². The summed E-state index contributed by atoms with van der Waals surface area (Å²) in [4.78, 5) is 29.8. The molecule has 2 aliphatic rings. The van der Waals surface area contributed by atoms with Crippen molar-refractivity contribution in [1.29, 1.82) is 0 Å². The van der Waals surface area contributed by atoms with Crippen LogP contribution in [0.15, 0.2) is 65.0 Å². The number of hydrogen-bond acceptors (Lipinski definition) is 7. The van der Waals surface area contributed by atoms with Gasteiger partial charge in [0.1, 0.15) is 12.7 Å². The zero-order valence-corrected chi connectivity index (χ0v) is 21.0. The Kier molecular flexibility index (Phi) is 8.45. The number of aliphatic hydroxyl groups is 2. The monoisotopic (exact) mass is 506 g/mol. The van der Waals surface area contributed by atoms with Gasteiger partial charge in [0, 0.05) is 18.8 Å². The van der Waals surface area contributed by atoms with Gasteiger partial charge in [0.05, 0.1) is 12.3 Å². The molecule has 1 amide bonds. The van der Waals surface area contributed by atoms with Crippen LogP contribution in [0.1, 0.15) is 42.9 Å². The van der Waals surface area contributed by atoms with Crippen molar-refractivity contribution in [3.05, 3.63) is 76.7 Å². The molecule has 0 spiro atoms. The maximum absolute atomic E-state index is 12.3. The number of piperidine rings is 1. The number of allylic oxidation sites excluding steroid dienone is 1. The molecular weight excluding hydrogens is 472 g/mol. The fraction of sp³-hybridized carbons (Fsp3) is 0.393. The number of carboxylic acids is 1. The number of nitrogens with one attached hydrogen (secondary N) is 2. The summed E-state index contributed by atoms with van der Waals surface area (Å²) in [6.07, 6.45) is 3.17. The Hall–Kier alpha value is -3.85. The molecule has 2 aromatic carbocycles. The van der Waals surface area contributed by atoms with E-state index < -0.39 is 18.4 Å². The van der Waals surface area contributed by atoms with Crippen molar-refractivity contribution in [2.24, 2.45) is 10.9 Å². The largest absolute Gasteiger partial charge is 0.504 e. The molecule has 196 valence electrons. The molecule has 0 aromatic heterocycles. The molecule has 0 aliphatic carbocycles. The number of benzene rings is 2. The summed E-state index contributed by atoms with van der Waals surface area (Å²) in [5, 5.41) is 33.8. The lowest BCUT2D eigenvalue weighted by Gasteiger charge is -2.35. The Morgan fingerprint density at radius 2 is 1.78 bits per heavy atom. The van der Waals surface area contributed by atoms with Crippen LogP contribution in [0.4, 0.5) is 5.69 Å². The third-order valence-corrected chi connectivity index (χ3v) is 6.92. The van der Waals surface area contributed by atoms with Crippen LogP contribution >= 0.6 is 0 Å². The molecule has 2 heterocycles. The standard InChI is InChI=1S/C28H34N4O5/c1-18-27(36)26(28(37)29-16-25(34)35)31-24(30-18)15-20-9-11-32(12-10-20)23-7-5-19(6-8-23)13-21-3-2-4-22(14-21)17-33/h2-8,14,20,24,30,33,36H,9-13,15-17H2,1H3,(H,29,37)(H,34,35). The van der Waals surface area contributed by atoms with Crippen LogP contribution < -0.4 is 15.5 Å². The molecule has 9 heteroatoms. The van der Waals surface area contributed by atoms with Gasteiger partial charge in [0.25, 0.3) is 5.91 Å². The highest BCUT2D eigenvalue weighted by Crippen LogP contribution is 2.28. The first-order valence-corrected chi connectivity index (χ1v) is 12.6. The molecular formula is C28H34N4O5. The van der Waals surface area contributed by atoms with Gasteiger partial charge in [-0.05, 0) is 67.3 Å². The molecule has 2 aliphatic heterocycles. The van der Waals surface area contributed by atoms with E-state index in [0.717, 1.165) is 44.3 Å². The second-order valence-corrected chi connectivity index (χ2v) is 9.68. The Morgan fingerprint density at radius 1 is 1.08 bits per heavy atom. The van der Waals surface area contributed by atoms with Gasteiger partial charge in [-0.2, -0.15) is 0 Å². The molecule has 0 radical (unpaired) electrons. The lowest BCUT2D eigenvalue weighted by molar-refractivity contribution is -0.137. The lowest BCUT2D eigenvalue weighted by atomic mass is 9.91. The van der Waals surface area contributed by atoms with Gasteiger partial charge in [-0.3, -0.25) is 14.6 Å². The lowest BCUT2D eigenvalue weighted by Crippen LogP contribution is -2.43. The average Bonchev–Trinajstić information content (AvgIpc) is 2.90. The second kappa shape index (κ2) is 11.9. The predicted octanol–water partition coefficient (Wildman–Crippen LogP) is 2.74. The van der Waals surface area contributed by atoms with E-state index in [1.165, 1.54) is 16.8 Å². The van der Waals surface area contributed by atoms with Crippen molar-refractivity contribution in [3.8, 4) is 0 Å². The Balaban J connectivity index is 1.30. The minimum atomic E-state index is -1.16. The molecule has 1 unspecified atom stereocenters. The average molecular weight is 507 g/mol. The van der Waals surface area contributed by atoms with Crippen molar-refractivity contribution < 1.29 is 24.9 Å². The van der Waals surface area contributed by atoms with Gasteiger partial charge in [0.2, 0.25) is 0 Å². The van der Waals surface area contributed by atoms with Gasteiger partial charge < -0.3 is 30.9 Å². The van der Waals surface area contributed by atoms with Gasteiger partial charge in [0.15, 0.2) is 11.5 Å². The van der Waals surface area contributed by atoms with Crippen LogP contribution in [0.5, 0.6) is 0 Å². The zero-order valence-electron chi connectivity index (χ0n) is 21.0. The number of aliphatic hydroxyl groups excluding tert-OH is 2. The van der Waals surface area contributed by atoms with Gasteiger partial charge in [-0.25, -0.2) is 0 Å². The first kappa shape index (κ1) is 26.2. The van der Waals surface area contributed by atoms with Crippen LogP contribution in [0.2, 0.25) is 0 Å². The third kappa shape index (κ3) is 6.89. The smallest absolute Gasteiger partial charge is 0.322 e. The van der Waals surface area contributed by atoms with Crippen LogP contribution in [-0.2, 0) is 22.6 Å². The first-order chi connectivity index (χ1) is 17.8. The van der Waals surface area contributed by atoms with E-state index in [0.29, 0.717) is 11.6 Å². The molecule has 0 bridgehead atoms. The Labute approximate surface area is 216 Å². The number of rotatable bonds is 9. The molecule has 9 nitrogen and oxygen atoms in total. The summed E-state index contributed by atoms with van der Waals surface area (Å²) in [5.74, 6) is -1.69. The van der Waals surface area contributed by atoms with Crippen molar-refractivity contribution in [3.63, 3.8) is 0 Å². The van der Waals surface area contributed by atoms with E-state index in [9.17, 15) is 19.8 Å². The molecule has 5 N–H and O–H groups in total. The number of carboxylic acid groups (broad SMARTS) is 1. The summed E-state index contributed by atoms with van der Waals surface area (Å²) < 4.78 is 0. The summed E-state index contributed by atoms with van der Waals surface area (Å²) in [7, 11) is 0. The van der Waals surface area contributed by atoms with Crippen LogP contribution in [-0.4, -0.2) is 58.7 Å². The van der Waals surface area contributed by atoms with Crippen molar-refractivity contribution in [2.45, 2.75) is 45.4 Å². The fourth-order valence-electron chi connectivity index (χ4n) is 4.90. The predicted molar refractivity (Wildman–Crippen MR) is 141 cm³/mol. The van der Waals surface area contributed by atoms with Crippen molar-refractivity contribution >= 4 is 23.3 Å². The number of anilines is 1. The summed E-state index contributed by atoms with van der Waals surface area (Å²) in [6, 6.07) is 16.7. The number of carbonyl (C=O) groups excluding carboxylic acids is 1. The molecule has 1 atom stereocenters. The van der Waals surface area contributed by atoms with E-state index in [1.54, 1.807) is 6.92 Å². The first-order valence-electron chi connectivity index (χ1n) is 12.6. The SMILES string of the molecule is CC1=C(O)C(C(=O)NCC(=O)O)=NC(CC2CCN(c3ccc(Cc4cccc(CO)c4)cc3)CC2)N1. The molecule has 1 fully saturated rings. The number of nitrogens with zero attached hydrogens (tertiary/aromatic N) is 2. The van der Waals surface area contributed by atoms with Crippen LogP contribution in [0.3, 0.4) is 0 Å². The quantitative estimate of drug-likeness (QED) is 0.353. The number of aliphatic carboxylic acids is 1. The minimum Gasteiger partial charge on any atom is -0.504 e. The molecule has 37 heavy (non-hydrogen) atoms. The summed E-state index contributed by atoms with van der Waals surface area (Å²) >= 11 is 0. The van der Waals surface area contributed by atoms with Gasteiger partial charge in [-0.1, -0.05) is 36.4 Å². The summed E-state index contributed by atoms with van der Waals surface area (Å²) in [6.45, 7) is 3.04. The second-order valence-electron chi connectivity index (χ2n) is 9.68. The van der Waals surface area contributed by atoms with E-state index in [4.69, 9.17) is 5.11 Å². The molecule has 0 saturated carbocycles. The van der Waals surface area contributed by atoms with Gasteiger partial charge in [-0.15, -0.1) is 0 Å². The fourth-order valence-corrected chi connectivity index (χ4v) is 4.90. The summed E-state index contributed by atoms with van der Waals surface area (Å²) in [5.41, 5.74) is 4.86. The highest BCUT2D eigenvalue weighted by atomic mass is 16.4. The number of aliphatic imine (C=N–C) groups is 1. The van der Waals surface area contributed by atoms with E-state index in [1.807, 2.05) is 18.2 Å². The van der Waals surface area contributed by atoms with E-state index in [2.05, 4.69) is 50.9 Å².